The SMILES string of the molecule is CB1c2c(cc(C(C)(C)C)cc2C(C)(C)C)-c2cc(C(C)(C)C)cc(C(C)(C)C)c21. The minimum absolute atomic E-state index is 0.121. The lowest BCUT2D eigenvalue weighted by atomic mass is 9.41. The van der Waals surface area contributed by atoms with E-state index < -0.39 is 0 Å². The monoisotopic (exact) mass is 402 g/mol. The summed E-state index contributed by atoms with van der Waals surface area (Å²) in [5.74, 6) is 0. The summed E-state index contributed by atoms with van der Waals surface area (Å²) < 4.78 is 0. The number of rotatable bonds is 0. The summed E-state index contributed by atoms with van der Waals surface area (Å²) in [6.07, 6.45) is 0. The molecule has 1 heteroatoms. The minimum Gasteiger partial charge on any atom is -0.0773 e. The molecule has 0 unspecified atom stereocenters. The van der Waals surface area contributed by atoms with Gasteiger partial charge in [0.05, 0.1) is 0 Å². The first-order chi connectivity index (χ1) is 13.3. The zero-order valence-corrected chi connectivity index (χ0v) is 21.9. The molecular weight excluding hydrogens is 359 g/mol. The number of fused-ring (bicyclic) bond motifs is 3. The third-order valence-corrected chi connectivity index (χ3v) is 6.86. The highest BCUT2D eigenvalue weighted by molar-refractivity contribution is 6.89. The normalized spacial score (nSPS) is 14.8. The molecule has 0 saturated carbocycles. The van der Waals surface area contributed by atoms with Crippen LogP contribution in [-0.4, -0.2) is 6.71 Å². The minimum atomic E-state index is 0.121. The van der Waals surface area contributed by atoms with Crippen molar-refractivity contribution in [3.63, 3.8) is 0 Å². The Labute approximate surface area is 187 Å². The van der Waals surface area contributed by atoms with Crippen molar-refractivity contribution in [2.45, 2.75) is 112 Å². The van der Waals surface area contributed by atoms with Gasteiger partial charge in [0.25, 0.3) is 0 Å². The predicted molar refractivity (Wildman–Crippen MR) is 138 cm³/mol. The Morgan fingerprint density at radius 3 is 1.00 bits per heavy atom. The average molecular weight is 402 g/mol. The molecule has 162 valence electrons. The number of benzene rings is 2. The van der Waals surface area contributed by atoms with Gasteiger partial charge in [-0.15, -0.1) is 0 Å². The van der Waals surface area contributed by atoms with Crippen LogP contribution in [0.1, 0.15) is 105 Å². The van der Waals surface area contributed by atoms with Crippen molar-refractivity contribution in [2.24, 2.45) is 0 Å². The van der Waals surface area contributed by atoms with Crippen molar-refractivity contribution in [1.82, 2.24) is 0 Å². The fraction of sp³-hybridized carbons (Fsp3) is 0.586. The third kappa shape index (κ3) is 3.90. The lowest BCUT2D eigenvalue weighted by Crippen LogP contribution is -2.43. The second kappa shape index (κ2) is 6.75. The topological polar surface area (TPSA) is 0 Å². The Balaban J connectivity index is 2.48. The summed E-state index contributed by atoms with van der Waals surface area (Å²) in [5, 5.41) is 0. The summed E-state index contributed by atoms with van der Waals surface area (Å²) in [5.41, 5.74) is 12.5. The average Bonchev–Trinajstić information content (AvgIpc) is 2.83. The molecule has 0 atom stereocenters. The summed E-state index contributed by atoms with van der Waals surface area (Å²) in [7, 11) is 0. The van der Waals surface area contributed by atoms with Gasteiger partial charge < -0.3 is 0 Å². The summed E-state index contributed by atoms with van der Waals surface area (Å²) in [4.78, 5) is 0. The van der Waals surface area contributed by atoms with E-state index in [2.05, 4.69) is 114 Å². The highest BCUT2D eigenvalue weighted by atomic mass is 14.3. The van der Waals surface area contributed by atoms with Crippen LogP contribution < -0.4 is 10.9 Å². The molecule has 2 aromatic rings. The molecule has 0 bridgehead atoms. The van der Waals surface area contributed by atoms with Gasteiger partial charge in [-0.25, -0.2) is 0 Å². The maximum atomic E-state index is 2.51. The lowest BCUT2D eigenvalue weighted by Gasteiger charge is -2.29. The molecule has 1 heterocycles. The Bertz CT molecular complexity index is 898. The predicted octanol–water partition coefficient (Wildman–Crippen LogP) is 7.10. The quantitative estimate of drug-likeness (QED) is 0.413. The Kier molecular flexibility index (Phi) is 5.21. The van der Waals surface area contributed by atoms with E-state index in [9.17, 15) is 0 Å². The van der Waals surface area contributed by atoms with Crippen LogP contribution in [0.15, 0.2) is 24.3 Å². The molecule has 0 radical (unpaired) electrons. The van der Waals surface area contributed by atoms with Gasteiger partial charge in [0, 0.05) is 0 Å². The van der Waals surface area contributed by atoms with E-state index in [1.165, 1.54) is 33.4 Å². The summed E-state index contributed by atoms with van der Waals surface area (Å²) in [6, 6.07) is 10.0. The van der Waals surface area contributed by atoms with Crippen LogP contribution in [0.4, 0.5) is 0 Å². The van der Waals surface area contributed by atoms with Gasteiger partial charge in [-0.05, 0) is 55.0 Å². The van der Waals surface area contributed by atoms with Crippen molar-refractivity contribution in [1.29, 1.82) is 0 Å². The standard InChI is InChI=1S/C29H43B/c1-26(2,3)18-14-20-21-15-19(27(4,5)6)17-23(29(10,11)12)25(21)30(13)24(20)22(16-18)28(7,8)9/h14-17H,1-13H3. The van der Waals surface area contributed by atoms with E-state index >= 15 is 0 Å². The van der Waals surface area contributed by atoms with Gasteiger partial charge in [0.15, 0.2) is 0 Å². The molecular formula is C29H43B. The fourth-order valence-electron chi connectivity index (χ4n) is 4.94. The number of hydrogen-bond donors (Lipinski definition) is 0. The maximum absolute atomic E-state index is 2.51. The molecule has 2 aromatic carbocycles. The van der Waals surface area contributed by atoms with Crippen LogP contribution in [-0.2, 0) is 21.7 Å². The molecule has 0 N–H and O–H groups in total. The summed E-state index contributed by atoms with van der Waals surface area (Å²) in [6.45, 7) is 31.1. The van der Waals surface area contributed by atoms with Crippen LogP contribution in [0, 0.1) is 0 Å². The molecule has 0 aliphatic carbocycles. The van der Waals surface area contributed by atoms with Crippen molar-refractivity contribution in [3.8, 4) is 11.1 Å². The van der Waals surface area contributed by atoms with Gasteiger partial charge in [0.1, 0.15) is 0 Å². The van der Waals surface area contributed by atoms with Gasteiger partial charge >= 0.3 is 0 Å². The second-order valence-electron chi connectivity index (χ2n) is 13.7. The largest absolute Gasteiger partial charge is 0.208 e. The molecule has 0 fully saturated rings. The van der Waals surface area contributed by atoms with Crippen molar-refractivity contribution >= 4 is 17.6 Å². The van der Waals surface area contributed by atoms with Gasteiger partial charge in [-0.2, -0.15) is 0 Å². The third-order valence-electron chi connectivity index (χ3n) is 6.86. The molecule has 1 aliphatic rings. The molecule has 0 aromatic heterocycles. The molecule has 1 aliphatic heterocycles. The Morgan fingerprint density at radius 1 is 0.467 bits per heavy atom. The zero-order valence-electron chi connectivity index (χ0n) is 21.9. The van der Waals surface area contributed by atoms with Crippen LogP contribution in [0.25, 0.3) is 11.1 Å². The molecule has 0 nitrogen and oxygen atoms in total. The maximum Gasteiger partial charge on any atom is 0.208 e. The highest BCUT2D eigenvalue weighted by Gasteiger charge is 2.39. The van der Waals surface area contributed by atoms with E-state index in [4.69, 9.17) is 0 Å². The van der Waals surface area contributed by atoms with E-state index in [0.717, 1.165) is 0 Å². The van der Waals surface area contributed by atoms with E-state index in [0.29, 0.717) is 6.71 Å². The lowest BCUT2D eigenvalue weighted by molar-refractivity contribution is 0.570. The van der Waals surface area contributed by atoms with E-state index in [1.807, 2.05) is 0 Å². The zero-order chi connectivity index (χ0) is 23.0. The molecule has 0 amide bonds. The van der Waals surface area contributed by atoms with Crippen LogP contribution in [0.5, 0.6) is 0 Å². The Hall–Kier alpha value is -1.50. The fourth-order valence-corrected chi connectivity index (χ4v) is 4.94. The first kappa shape index (κ1) is 23.2. The molecule has 30 heavy (non-hydrogen) atoms. The van der Waals surface area contributed by atoms with Gasteiger partial charge in [-0.1, -0.05) is 125 Å². The van der Waals surface area contributed by atoms with Crippen molar-refractivity contribution in [2.75, 3.05) is 0 Å². The molecule has 0 saturated heterocycles. The van der Waals surface area contributed by atoms with Gasteiger partial charge in [0.2, 0.25) is 6.71 Å². The van der Waals surface area contributed by atoms with Crippen LogP contribution in [0.3, 0.4) is 0 Å². The number of hydrogen-bond acceptors (Lipinski definition) is 0. The van der Waals surface area contributed by atoms with Crippen molar-refractivity contribution < 1.29 is 0 Å². The smallest absolute Gasteiger partial charge is 0.0773 e. The van der Waals surface area contributed by atoms with E-state index in [1.54, 1.807) is 10.9 Å². The highest BCUT2D eigenvalue weighted by Crippen LogP contribution is 2.39. The molecule has 0 spiro atoms. The first-order valence-electron chi connectivity index (χ1n) is 11.7. The van der Waals surface area contributed by atoms with E-state index in [-0.39, 0.29) is 21.7 Å². The Morgan fingerprint density at radius 2 is 0.767 bits per heavy atom. The first-order valence-corrected chi connectivity index (χ1v) is 11.7. The van der Waals surface area contributed by atoms with Crippen LogP contribution >= 0.6 is 0 Å². The second-order valence-corrected chi connectivity index (χ2v) is 13.7. The van der Waals surface area contributed by atoms with Gasteiger partial charge in [-0.3, -0.25) is 0 Å². The van der Waals surface area contributed by atoms with Crippen molar-refractivity contribution in [3.05, 3.63) is 46.5 Å². The molecule has 3 rings (SSSR count). The summed E-state index contributed by atoms with van der Waals surface area (Å²) >= 11 is 0. The van der Waals surface area contributed by atoms with Crippen LogP contribution in [0.2, 0.25) is 6.82 Å².